The molecule has 0 heterocycles. The standard InChI is InChI=1S/C12H13F2NO3S/c1-18-10(16)6-7-15-11(17)8-2-4-9(5-3-8)19-12(13)14/h2-5,12H,6-7H2,1H3,(H,15,17). The first-order valence-corrected chi connectivity index (χ1v) is 6.31. The van der Waals surface area contributed by atoms with Crippen LogP contribution in [0.3, 0.4) is 0 Å². The first-order valence-electron chi connectivity index (χ1n) is 5.43. The molecule has 0 aliphatic carbocycles. The van der Waals surface area contributed by atoms with Gasteiger partial charge in [-0.1, -0.05) is 11.8 Å². The van der Waals surface area contributed by atoms with Crippen LogP contribution in [0.25, 0.3) is 0 Å². The Hall–Kier alpha value is -1.63. The summed E-state index contributed by atoms with van der Waals surface area (Å²) >= 11 is 0.417. The van der Waals surface area contributed by atoms with Crippen molar-refractivity contribution in [1.29, 1.82) is 0 Å². The molecule has 0 radical (unpaired) electrons. The summed E-state index contributed by atoms with van der Waals surface area (Å²) in [6, 6.07) is 5.81. The van der Waals surface area contributed by atoms with E-state index >= 15 is 0 Å². The van der Waals surface area contributed by atoms with Gasteiger partial charge in [0.25, 0.3) is 11.7 Å². The zero-order valence-electron chi connectivity index (χ0n) is 10.2. The van der Waals surface area contributed by atoms with E-state index in [-0.39, 0.29) is 18.9 Å². The molecule has 0 saturated carbocycles. The maximum atomic E-state index is 12.1. The van der Waals surface area contributed by atoms with Gasteiger partial charge in [-0.25, -0.2) is 0 Å². The molecule has 1 aromatic carbocycles. The van der Waals surface area contributed by atoms with Crippen LogP contribution >= 0.6 is 11.8 Å². The third kappa shape index (κ3) is 5.69. The Balaban J connectivity index is 2.46. The Morgan fingerprint density at radius 3 is 2.47 bits per heavy atom. The van der Waals surface area contributed by atoms with E-state index in [2.05, 4.69) is 10.1 Å². The molecular formula is C12H13F2NO3S. The number of methoxy groups -OCH3 is 1. The number of carbonyl (C=O) groups is 2. The number of ether oxygens (including phenoxy) is 1. The molecule has 0 saturated heterocycles. The van der Waals surface area contributed by atoms with Crippen molar-refractivity contribution < 1.29 is 23.1 Å². The lowest BCUT2D eigenvalue weighted by Gasteiger charge is -2.05. The molecule has 0 bridgehead atoms. The van der Waals surface area contributed by atoms with E-state index in [0.717, 1.165) is 0 Å². The fourth-order valence-electron chi connectivity index (χ4n) is 1.27. The van der Waals surface area contributed by atoms with Crippen LogP contribution in [-0.2, 0) is 9.53 Å². The lowest BCUT2D eigenvalue weighted by atomic mass is 10.2. The normalized spacial score (nSPS) is 10.3. The molecular weight excluding hydrogens is 276 g/mol. The monoisotopic (exact) mass is 289 g/mol. The predicted molar refractivity (Wildman–Crippen MR) is 67.3 cm³/mol. The van der Waals surface area contributed by atoms with Crippen molar-refractivity contribution in [2.24, 2.45) is 0 Å². The molecule has 0 aromatic heterocycles. The van der Waals surface area contributed by atoms with Crippen molar-refractivity contribution in [2.75, 3.05) is 13.7 Å². The predicted octanol–water partition coefficient (Wildman–Crippen LogP) is 2.29. The van der Waals surface area contributed by atoms with Gasteiger partial charge in [0, 0.05) is 17.0 Å². The highest BCUT2D eigenvalue weighted by Crippen LogP contribution is 2.24. The molecule has 104 valence electrons. The molecule has 0 spiro atoms. The molecule has 1 amide bonds. The molecule has 0 aliphatic rings. The van der Waals surface area contributed by atoms with E-state index in [0.29, 0.717) is 22.2 Å². The molecule has 1 rings (SSSR count). The van der Waals surface area contributed by atoms with Crippen LogP contribution in [0.1, 0.15) is 16.8 Å². The van der Waals surface area contributed by atoms with Gasteiger partial charge in [-0.3, -0.25) is 9.59 Å². The maximum absolute atomic E-state index is 12.1. The Morgan fingerprint density at radius 1 is 1.32 bits per heavy atom. The Labute approximate surface area is 113 Å². The van der Waals surface area contributed by atoms with Crippen molar-refractivity contribution in [2.45, 2.75) is 17.1 Å². The lowest BCUT2D eigenvalue weighted by molar-refractivity contribution is -0.140. The van der Waals surface area contributed by atoms with Crippen molar-refractivity contribution >= 4 is 23.6 Å². The number of carbonyl (C=O) groups excluding carboxylic acids is 2. The van der Waals surface area contributed by atoms with Gasteiger partial charge in [0.1, 0.15) is 0 Å². The van der Waals surface area contributed by atoms with Crippen LogP contribution in [0, 0.1) is 0 Å². The first-order chi connectivity index (χ1) is 9.02. The summed E-state index contributed by atoms with van der Waals surface area (Å²) in [6.45, 7) is 0.166. The minimum atomic E-state index is -2.49. The number of nitrogens with one attached hydrogen (secondary N) is 1. The van der Waals surface area contributed by atoms with Crippen molar-refractivity contribution in [3.8, 4) is 0 Å². The van der Waals surface area contributed by atoms with Gasteiger partial charge in [-0.2, -0.15) is 8.78 Å². The topological polar surface area (TPSA) is 55.4 Å². The third-order valence-electron chi connectivity index (χ3n) is 2.18. The Kier molecular flexibility index (Phi) is 6.27. The van der Waals surface area contributed by atoms with Crippen molar-refractivity contribution in [1.82, 2.24) is 5.32 Å². The molecule has 0 aliphatic heterocycles. The molecule has 19 heavy (non-hydrogen) atoms. The summed E-state index contributed by atoms with van der Waals surface area (Å²) in [5.74, 6) is -3.26. The highest BCUT2D eigenvalue weighted by Gasteiger charge is 2.08. The Morgan fingerprint density at radius 2 is 1.95 bits per heavy atom. The second kappa shape index (κ2) is 7.73. The van der Waals surface area contributed by atoms with Gasteiger partial charge >= 0.3 is 5.97 Å². The second-order valence-electron chi connectivity index (χ2n) is 3.48. The number of benzene rings is 1. The van der Waals surface area contributed by atoms with Crippen LogP contribution in [0.15, 0.2) is 29.2 Å². The minimum absolute atomic E-state index is 0.0849. The van der Waals surface area contributed by atoms with Crippen LogP contribution in [0.4, 0.5) is 8.78 Å². The Bertz CT molecular complexity index is 437. The van der Waals surface area contributed by atoms with Gasteiger partial charge in [0.05, 0.1) is 13.5 Å². The van der Waals surface area contributed by atoms with Gasteiger partial charge in [0.15, 0.2) is 0 Å². The summed E-state index contributed by atoms with van der Waals surface area (Å²) in [5.41, 5.74) is 0.350. The molecule has 4 nitrogen and oxygen atoms in total. The molecule has 0 atom stereocenters. The lowest BCUT2D eigenvalue weighted by Crippen LogP contribution is -2.26. The summed E-state index contributed by atoms with van der Waals surface area (Å²) in [5, 5.41) is 2.53. The number of esters is 1. The fourth-order valence-corrected chi connectivity index (χ4v) is 1.77. The largest absolute Gasteiger partial charge is 0.469 e. The smallest absolute Gasteiger partial charge is 0.307 e. The first kappa shape index (κ1) is 15.4. The summed E-state index contributed by atoms with van der Waals surface area (Å²) in [4.78, 5) is 22.8. The van der Waals surface area contributed by atoms with Crippen LogP contribution in [0.5, 0.6) is 0 Å². The highest BCUT2D eigenvalue weighted by atomic mass is 32.2. The van der Waals surface area contributed by atoms with E-state index in [9.17, 15) is 18.4 Å². The SMILES string of the molecule is COC(=O)CCNC(=O)c1ccc(SC(F)F)cc1. The van der Waals surface area contributed by atoms with Crippen LogP contribution in [-0.4, -0.2) is 31.3 Å². The fraction of sp³-hybridized carbons (Fsp3) is 0.333. The average Bonchev–Trinajstić information content (AvgIpc) is 2.38. The van der Waals surface area contributed by atoms with E-state index in [1.807, 2.05) is 0 Å². The molecule has 7 heteroatoms. The number of halogens is 2. The van der Waals surface area contributed by atoms with Gasteiger partial charge in [-0.15, -0.1) is 0 Å². The maximum Gasteiger partial charge on any atom is 0.307 e. The quantitative estimate of drug-likeness (QED) is 0.645. The van der Waals surface area contributed by atoms with Crippen LogP contribution in [0.2, 0.25) is 0 Å². The molecule has 0 unspecified atom stereocenters. The van der Waals surface area contributed by atoms with E-state index in [4.69, 9.17) is 0 Å². The van der Waals surface area contributed by atoms with E-state index < -0.39 is 11.7 Å². The number of thioether (sulfide) groups is 1. The van der Waals surface area contributed by atoms with E-state index in [1.54, 1.807) is 0 Å². The summed E-state index contributed by atoms with van der Waals surface area (Å²) < 4.78 is 28.6. The number of alkyl halides is 2. The molecule has 1 N–H and O–H groups in total. The second-order valence-corrected chi connectivity index (χ2v) is 4.55. The number of hydrogen-bond donors (Lipinski definition) is 1. The summed E-state index contributed by atoms with van der Waals surface area (Å²) in [7, 11) is 1.27. The van der Waals surface area contributed by atoms with Gasteiger partial charge in [0.2, 0.25) is 0 Å². The summed E-state index contributed by atoms with van der Waals surface area (Å²) in [6.07, 6.45) is 0.0849. The zero-order chi connectivity index (χ0) is 14.3. The number of hydrogen-bond acceptors (Lipinski definition) is 4. The zero-order valence-corrected chi connectivity index (χ0v) is 11.0. The van der Waals surface area contributed by atoms with Crippen molar-refractivity contribution in [3.05, 3.63) is 29.8 Å². The van der Waals surface area contributed by atoms with Crippen molar-refractivity contribution in [3.63, 3.8) is 0 Å². The molecule has 1 aromatic rings. The van der Waals surface area contributed by atoms with Gasteiger partial charge < -0.3 is 10.1 Å². The van der Waals surface area contributed by atoms with Crippen LogP contribution < -0.4 is 5.32 Å². The number of rotatable bonds is 6. The minimum Gasteiger partial charge on any atom is -0.469 e. The highest BCUT2D eigenvalue weighted by molar-refractivity contribution is 7.99. The van der Waals surface area contributed by atoms with Gasteiger partial charge in [-0.05, 0) is 24.3 Å². The average molecular weight is 289 g/mol. The third-order valence-corrected chi connectivity index (χ3v) is 2.91. The van der Waals surface area contributed by atoms with E-state index in [1.165, 1.54) is 31.4 Å². The number of amides is 1. The molecule has 0 fully saturated rings.